The third-order valence-electron chi connectivity index (χ3n) is 5.73. The van der Waals surface area contributed by atoms with Crippen LogP contribution in [0.25, 0.3) is 11.1 Å². The largest absolute Gasteiger partial charge is 0.340 e. The Bertz CT molecular complexity index is 1260. The highest BCUT2D eigenvalue weighted by molar-refractivity contribution is 7.89. The smallest absolute Gasteiger partial charge is 0.277 e. The van der Waals surface area contributed by atoms with Gasteiger partial charge in [-0.2, -0.15) is 4.31 Å². The highest BCUT2D eigenvalue weighted by atomic mass is 32.2. The van der Waals surface area contributed by atoms with Crippen molar-refractivity contribution >= 4 is 21.9 Å². The number of nitrogens with one attached hydrogen (secondary N) is 1. The van der Waals surface area contributed by atoms with Gasteiger partial charge in [0.1, 0.15) is 0 Å². The predicted molar refractivity (Wildman–Crippen MR) is 138 cm³/mol. The molecule has 0 saturated heterocycles. The van der Waals surface area contributed by atoms with Crippen molar-refractivity contribution in [2.45, 2.75) is 18.4 Å². The van der Waals surface area contributed by atoms with E-state index in [1.165, 1.54) is 27.7 Å². The predicted octanol–water partition coefficient (Wildman–Crippen LogP) is 2.47. The van der Waals surface area contributed by atoms with Gasteiger partial charge in [0.15, 0.2) is 0 Å². The summed E-state index contributed by atoms with van der Waals surface area (Å²) in [5.74, 6) is -0.346. The van der Waals surface area contributed by atoms with Crippen molar-refractivity contribution in [1.29, 1.82) is 0 Å². The van der Waals surface area contributed by atoms with Gasteiger partial charge in [-0.3, -0.25) is 10.0 Å². The second kappa shape index (κ2) is 12.0. The molecule has 3 rings (SSSR count). The molecule has 192 valence electrons. The Morgan fingerprint density at radius 3 is 2.19 bits per heavy atom. The molecule has 0 radical (unpaired) electrons. The normalized spacial score (nSPS) is 11.6. The number of sulfonamides is 1. The lowest BCUT2D eigenvalue weighted by Crippen LogP contribution is -2.37. The molecule has 0 aliphatic rings. The van der Waals surface area contributed by atoms with Crippen LogP contribution >= 0.6 is 0 Å². The van der Waals surface area contributed by atoms with Crippen LogP contribution in [0.2, 0.25) is 0 Å². The second-order valence-corrected chi connectivity index (χ2v) is 10.6. The van der Waals surface area contributed by atoms with Crippen molar-refractivity contribution < 1.29 is 18.4 Å². The van der Waals surface area contributed by atoms with Crippen LogP contribution in [0.4, 0.5) is 5.95 Å². The van der Waals surface area contributed by atoms with Crippen molar-refractivity contribution in [2.75, 3.05) is 45.7 Å². The Labute approximate surface area is 212 Å². The van der Waals surface area contributed by atoms with E-state index >= 15 is 0 Å². The number of hydroxylamine groups is 1. The molecule has 1 aromatic heterocycles. The zero-order valence-electron chi connectivity index (χ0n) is 20.9. The van der Waals surface area contributed by atoms with E-state index in [1.54, 1.807) is 24.1 Å². The Morgan fingerprint density at radius 1 is 0.972 bits per heavy atom. The lowest BCUT2D eigenvalue weighted by Gasteiger charge is -2.24. The van der Waals surface area contributed by atoms with Crippen molar-refractivity contribution in [3.05, 3.63) is 72.1 Å². The number of nitrogens with zero attached hydrogens (tertiary/aromatic N) is 5. The average molecular weight is 513 g/mol. The highest BCUT2D eigenvalue weighted by Crippen LogP contribution is 2.26. The molecule has 2 N–H and O–H groups in total. The van der Waals surface area contributed by atoms with Crippen LogP contribution in [-0.4, -0.2) is 79.5 Å². The van der Waals surface area contributed by atoms with Crippen molar-refractivity contribution in [2.24, 2.45) is 0 Å². The molecule has 1 heterocycles. The van der Waals surface area contributed by atoms with Crippen LogP contribution in [0.1, 0.15) is 22.8 Å². The fourth-order valence-electron chi connectivity index (χ4n) is 3.71. The minimum atomic E-state index is -3.70. The minimum Gasteiger partial charge on any atom is -0.340 e. The van der Waals surface area contributed by atoms with Gasteiger partial charge in [0.25, 0.3) is 5.91 Å². The summed E-state index contributed by atoms with van der Waals surface area (Å²) in [6, 6.07) is 15.0. The summed E-state index contributed by atoms with van der Waals surface area (Å²) in [6.45, 7) is 3.80. The number of amides is 1. The number of hydrogen-bond acceptors (Lipinski definition) is 8. The van der Waals surface area contributed by atoms with Gasteiger partial charge in [-0.05, 0) is 49.8 Å². The van der Waals surface area contributed by atoms with Crippen molar-refractivity contribution in [1.82, 2.24) is 24.7 Å². The van der Waals surface area contributed by atoms with Gasteiger partial charge in [-0.25, -0.2) is 23.9 Å². The first-order valence-corrected chi connectivity index (χ1v) is 12.9. The van der Waals surface area contributed by atoms with E-state index in [0.717, 1.165) is 17.7 Å². The maximum Gasteiger partial charge on any atom is 0.277 e. The molecule has 36 heavy (non-hydrogen) atoms. The first kappa shape index (κ1) is 27.2. The second-order valence-electron chi connectivity index (χ2n) is 8.54. The monoisotopic (exact) mass is 512 g/mol. The van der Waals surface area contributed by atoms with Gasteiger partial charge in [-0.15, -0.1) is 0 Å². The average Bonchev–Trinajstić information content (AvgIpc) is 2.88. The lowest BCUT2D eigenvalue weighted by molar-refractivity contribution is 0.0705. The summed E-state index contributed by atoms with van der Waals surface area (Å²) >= 11 is 0. The van der Waals surface area contributed by atoms with Crippen LogP contribution in [0.3, 0.4) is 0 Å². The number of anilines is 1. The van der Waals surface area contributed by atoms with Crippen molar-refractivity contribution in [3.63, 3.8) is 0 Å². The van der Waals surface area contributed by atoms with E-state index in [1.807, 2.05) is 51.4 Å². The van der Waals surface area contributed by atoms with Crippen LogP contribution in [0, 0.1) is 0 Å². The molecule has 11 heteroatoms. The van der Waals surface area contributed by atoms with Gasteiger partial charge in [0.2, 0.25) is 16.0 Å². The Morgan fingerprint density at radius 2 is 1.61 bits per heavy atom. The molecular formula is C25H32N6O4S. The fraction of sp³-hybridized carbons (Fsp3) is 0.320. The molecule has 0 aliphatic heterocycles. The number of hydrogen-bond donors (Lipinski definition) is 2. The summed E-state index contributed by atoms with van der Waals surface area (Å²) < 4.78 is 27.7. The van der Waals surface area contributed by atoms with Gasteiger partial charge in [-0.1, -0.05) is 36.4 Å². The van der Waals surface area contributed by atoms with E-state index in [9.17, 15) is 13.2 Å². The highest BCUT2D eigenvalue weighted by Gasteiger charge is 2.22. The summed E-state index contributed by atoms with van der Waals surface area (Å²) in [5, 5.41) is 8.72. The van der Waals surface area contributed by atoms with Gasteiger partial charge in [0.05, 0.1) is 10.5 Å². The van der Waals surface area contributed by atoms with Gasteiger partial charge in [0, 0.05) is 45.6 Å². The summed E-state index contributed by atoms with van der Waals surface area (Å²) in [6.07, 6.45) is 2.60. The quantitative estimate of drug-likeness (QED) is 0.297. The standard InChI is InChI=1S/C25H32N6O4S/c1-5-31(25-26-16-21(17-27-25)24(32)28-33)15-14-30(4)36(34,35)22-12-10-19(11-13-22)23-9-7-6-8-20(23)18-29(2)3/h6-13,16-17,33H,5,14-15,18H2,1-4H3,(H,28,32). The summed E-state index contributed by atoms with van der Waals surface area (Å²) in [7, 11) is 1.87. The topological polar surface area (TPSA) is 119 Å². The first-order chi connectivity index (χ1) is 17.2. The Kier molecular flexibility index (Phi) is 9.10. The number of rotatable bonds is 11. The summed E-state index contributed by atoms with van der Waals surface area (Å²) in [5.41, 5.74) is 4.85. The van der Waals surface area contributed by atoms with Crippen LogP contribution in [0.5, 0.6) is 0 Å². The number of carbonyl (C=O) groups excluding carboxylic acids is 1. The number of carbonyl (C=O) groups is 1. The van der Waals surface area contributed by atoms with Crippen LogP contribution in [0.15, 0.2) is 65.8 Å². The molecule has 0 aliphatic carbocycles. The number of aromatic nitrogens is 2. The van der Waals surface area contributed by atoms with Gasteiger partial charge >= 0.3 is 0 Å². The zero-order valence-corrected chi connectivity index (χ0v) is 21.7. The van der Waals surface area contributed by atoms with E-state index in [-0.39, 0.29) is 17.0 Å². The molecular weight excluding hydrogens is 480 g/mol. The third-order valence-corrected chi connectivity index (χ3v) is 7.60. The van der Waals surface area contributed by atoms with Crippen LogP contribution in [-0.2, 0) is 16.6 Å². The minimum absolute atomic E-state index is 0.116. The number of likely N-dealkylation sites (N-methyl/N-ethyl adjacent to an activating group) is 2. The number of benzene rings is 2. The molecule has 0 fully saturated rings. The Hall–Kier alpha value is -3.38. The molecule has 0 unspecified atom stereocenters. The molecule has 0 spiro atoms. The molecule has 0 atom stereocenters. The zero-order chi connectivity index (χ0) is 26.3. The molecule has 2 aromatic carbocycles. The molecule has 3 aromatic rings. The SMILES string of the molecule is CCN(CCN(C)S(=O)(=O)c1ccc(-c2ccccc2CN(C)C)cc1)c1ncc(C(=O)NO)cn1. The lowest BCUT2D eigenvalue weighted by atomic mass is 9.99. The van der Waals surface area contributed by atoms with E-state index in [2.05, 4.69) is 20.9 Å². The fourth-order valence-corrected chi connectivity index (χ4v) is 4.88. The van der Waals surface area contributed by atoms with E-state index in [0.29, 0.717) is 19.0 Å². The van der Waals surface area contributed by atoms with Crippen LogP contribution < -0.4 is 10.4 Å². The molecule has 0 saturated carbocycles. The third kappa shape index (κ3) is 6.43. The van der Waals surface area contributed by atoms with E-state index < -0.39 is 15.9 Å². The molecule has 10 nitrogen and oxygen atoms in total. The molecule has 0 bridgehead atoms. The Balaban J connectivity index is 1.70. The molecule has 1 amide bonds. The maximum absolute atomic E-state index is 13.2. The first-order valence-electron chi connectivity index (χ1n) is 11.5. The maximum atomic E-state index is 13.2. The van der Waals surface area contributed by atoms with Gasteiger partial charge < -0.3 is 9.80 Å². The summed E-state index contributed by atoms with van der Waals surface area (Å²) in [4.78, 5) is 23.9. The van der Waals surface area contributed by atoms with E-state index in [4.69, 9.17) is 5.21 Å². The van der Waals surface area contributed by atoms with Crippen molar-refractivity contribution in [3.8, 4) is 11.1 Å².